The van der Waals surface area contributed by atoms with E-state index in [1.54, 1.807) is 41.1 Å². The molecule has 0 saturated heterocycles. The number of carbonyl (C=O) groups is 1. The molecule has 2 heterocycles. The van der Waals surface area contributed by atoms with Gasteiger partial charge in [-0.1, -0.05) is 40.7 Å². The zero-order valence-electron chi connectivity index (χ0n) is 14.9. The minimum Gasteiger partial charge on any atom is -0.325 e. The highest BCUT2D eigenvalue weighted by atomic mass is 35.5. The topological polar surface area (TPSA) is 85.6 Å². The fraction of sp³-hybridized carbons (Fsp3) is 0.105. The molecule has 0 unspecified atom stereocenters. The second-order valence-electron chi connectivity index (χ2n) is 6.07. The standard InChI is InChI=1S/C19H14ClFN6OS/c20-13-3-7-15(8-4-13)24-16(28)10-29-19-17-18(22-11-23-19)27(26-25-17)9-12-1-5-14(21)6-2-12/h1-8,11H,9-10H2,(H,24,28). The summed E-state index contributed by atoms with van der Waals surface area (Å²) in [5.41, 5.74) is 2.59. The van der Waals surface area contributed by atoms with Gasteiger partial charge >= 0.3 is 0 Å². The van der Waals surface area contributed by atoms with Crippen LogP contribution in [0.15, 0.2) is 59.9 Å². The van der Waals surface area contributed by atoms with E-state index < -0.39 is 0 Å². The summed E-state index contributed by atoms with van der Waals surface area (Å²) in [4.78, 5) is 20.7. The van der Waals surface area contributed by atoms with Crippen LogP contribution >= 0.6 is 23.4 Å². The Labute approximate surface area is 174 Å². The predicted molar refractivity (Wildman–Crippen MR) is 109 cm³/mol. The molecule has 4 aromatic rings. The van der Waals surface area contributed by atoms with Crippen LogP contribution < -0.4 is 5.32 Å². The van der Waals surface area contributed by atoms with Gasteiger partial charge in [0.2, 0.25) is 5.91 Å². The number of halogens is 2. The molecule has 29 heavy (non-hydrogen) atoms. The molecule has 0 saturated carbocycles. The zero-order valence-corrected chi connectivity index (χ0v) is 16.5. The first-order valence-electron chi connectivity index (χ1n) is 8.55. The van der Waals surface area contributed by atoms with Gasteiger partial charge in [-0.15, -0.1) is 5.10 Å². The van der Waals surface area contributed by atoms with E-state index in [0.717, 1.165) is 5.56 Å². The van der Waals surface area contributed by atoms with Gasteiger partial charge in [0.05, 0.1) is 12.3 Å². The Balaban J connectivity index is 1.45. The van der Waals surface area contributed by atoms with Crippen LogP contribution in [0.3, 0.4) is 0 Å². The Morgan fingerprint density at radius 3 is 2.62 bits per heavy atom. The maximum Gasteiger partial charge on any atom is 0.234 e. The second kappa shape index (κ2) is 8.54. The van der Waals surface area contributed by atoms with Gasteiger partial charge in [0.15, 0.2) is 11.2 Å². The van der Waals surface area contributed by atoms with E-state index in [9.17, 15) is 9.18 Å². The summed E-state index contributed by atoms with van der Waals surface area (Å²) in [6.07, 6.45) is 1.41. The maximum absolute atomic E-state index is 13.1. The van der Waals surface area contributed by atoms with E-state index in [1.807, 2.05) is 0 Å². The molecule has 4 rings (SSSR count). The number of amides is 1. The van der Waals surface area contributed by atoms with Crippen LogP contribution in [0.2, 0.25) is 5.02 Å². The molecule has 146 valence electrons. The van der Waals surface area contributed by atoms with Gasteiger partial charge in [0.1, 0.15) is 17.2 Å². The first-order chi connectivity index (χ1) is 14.1. The van der Waals surface area contributed by atoms with Crippen molar-refractivity contribution >= 4 is 46.1 Å². The number of hydrogen-bond donors (Lipinski definition) is 1. The third kappa shape index (κ3) is 4.69. The lowest BCUT2D eigenvalue weighted by Crippen LogP contribution is -2.14. The highest BCUT2D eigenvalue weighted by Gasteiger charge is 2.14. The average molecular weight is 429 g/mol. The Hall–Kier alpha value is -3.04. The van der Waals surface area contributed by atoms with Crippen LogP contribution in [0.25, 0.3) is 11.2 Å². The number of fused-ring (bicyclic) bond motifs is 1. The Morgan fingerprint density at radius 1 is 1.10 bits per heavy atom. The van der Waals surface area contributed by atoms with Crippen molar-refractivity contribution < 1.29 is 9.18 Å². The molecular formula is C19H14ClFN6OS. The number of nitrogens with one attached hydrogen (secondary N) is 1. The van der Waals surface area contributed by atoms with Crippen molar-refractivity contribution in [1.82, 2.24) is 25.0 Å². The number of aromatic nitrogens is 5. The normalized spacial score (nSPS) is 11.0. The van der Waals surface area contributed by atoms with Crippen molar-refractivity contribution in [2.75, 3.05) is 11.1 Å². The van der Waals surface area contributed by atoms with Gasteiger partial charge in [-0.25, -0.2) is 19.0 Å². The first-order valence-corrected chi connectivity index (χ1v) is 9.92. The number of thioether (sulfide) groups is 1. The molecule has 0 spiro atoms. The van der Waals surface area contributed by atoms with E-state index >= 15 is 0 Å². The fourth-order valence-corrected chi connectivity index (χ4v) is 3.47. The van der Waals surface area contributed by atoms with Crippen molar-refractivity contribution in [3.05, 3.63) is 71.3 Å². The molecule has 0 aliphatic carbocycles. The molecule has 0 radical (unpaired) electrons. The van der Waals surface area contributed by atoms with Crippen molar-refractivity contribution in [2.24, 2.45) is 0 Å². The van der Waals surface area contributed by atoms with E-state index in [2.05, 4.69) is 25.6 Å². The van der Waals surface area contributed by atoms with Gasteiger partial charge in [-0.2, -0.15) is 0 Å². The van der Waals surface area contributed by atoms with Gasteiger partial charge in [0.25, 0.3) is 0 Å². The molecule has 7 nitrogen and oxygen atoms in total. The summed E-state index contributed by atoms with van der Waals surface area (Å²) in [6, 6.07) is 13.0. The van der Waals surface area contributed by atoms with Crippen LogP contribution in [0.5, 0.6) is 0 Å². The summed E-state index contributed by atoms with van der Waals surface area (Å²) >= 11 is 7.09. The monoisotopic (exact) mass is 428 g/mol. The molecule has 0 atom stereocenters. The zero-order chi connectivity index (χ0) is 20.2. The molecule has 0 aliphatic rings. The fourth-order valence-electron chi connectivity index (χ4n) is 2.61. The summed E-state index contributed by atoms with van der Waals surface area (Å²) in [7, 11) is 0. The smallest absolute Gasteiger partial charge is 0.234 e. The van der Waals surface area contributed by atoms with Gasteiger partial charge in [-0.3, -0.25) is 4.79 Å². The summed E-state index contributed by atoms with van der Waals surface area (Å²) in [5.74, 6) is -0.322. The highest BCUT2D eigenvalue weighted by Crippen LogP contribution is 2.23. The number of carbonyl (C=O) groups excluding carboxylic acids is 1. The molecule has 10 heteroatoms. The van der Waals surface area contributed by atoms with E-state index in [0.29, 0.717) is 33.4 Å². The van der Waals surface area contributed by atoms with E-state index in [1.165, 1.54) is 30.2 Å². The van der Waals surface area contributed by atoms with Crippen molar-refractivity contribution in [2.45, 2.75) is 11.6 Å². The van der Waals surface area contributed by atoms with Gasteiger partial charge in [0, 0.05) is 10.7 Å². The Bertz CT molecular complexity index is 1150. The number of nitrogens with zero attached hydrogens (tertiary/aromatic N) is 5. The summed E-state index contributed by atoms with van der Waals surface area (Å²) in [5, 5.41) is 12.2. The van der Waals surface area contributed by atoms with Crippen LogP contribution in [0.1, 0.15) is 5.56 Å². The number of hydrogen-bond acceptors (Lipinski definition) is 6. The molecule has 2 aromatic carbocycles. The lowest BCUT2D eigenvalue weighted by atomic mass is 10.2. The van der Waals surface area contributed by atoms with E-state index in [4.69, 9.17) is 11.6 Å². The van der Waals surface area contributed by atoms with Crippen molar-refractivity contribution in [3.63, 3.8) is 0 Å². The maximum atomic E-state index is 13.1. The second-order valence-corrected chi connectivity index (χ2v) is 7.47. The van der Waals surface area contributed by atoms with Crippen LogP contribution in [-0.2, 0) is 11.3 Å². The quantitative estimate of drug-likeness (QED) is 0.371. The van der Waals surface area contributed by atoms with Crippen molar-refractivity contribution in [1.29, 1.82) is 0 Å². The largest absolute Gasteiger partial charge is 0.325 e. The van der Waals surface area contributed by atoms with Crippen LogP contribution in [0, 0.1) is 5.82 Å². The third-order valence-corrected chi connectivity index (χ3v) is 5.21. The molecule has 1 amide bonds. The Kier molecular flexibility index (Phi) is 5.68. The minimum atomic E-state index is -0.296. The lowest BCUT2D eigenvalue weighted by molar-refractivity contribution is -0.113. The molecule has 2 aromatic heterocycles. The predicted octanol–water partition coefficient (Wildman–Crippen LogP) is 3.79. The van der Waals surface area contributed by atoms with Crippen LogP contribution in [0.4, 0.5) is 10.1 Å². The minimum absolute atomic E-state index is 0.152. The summed E-state index contributed by atoms with van der Waals surface area (Å²) in [6.45, 7) is 0.398. The molecule has 0 aliphatic heterocycles. The average Bonchev–Trinajstić information content (AvgIpc) is 3.13. The molecular weight excluding hydrogens is 415 g/mol. The summed E-state index contributed by atoms with van der Waals surface area (Å²) < 4.78 is 14.7. The van der Waals surface area contributed by atoms with Crippen LogP contribution in [-0.4, -0.2) is 36.6 Å². The molecule has 0 bridgehead atoms. The van der Waals surface area contributed by atoms with Gasteiger partial charge in [-0.05, 0) is 42.0 Å². The van der Waals surface area contributed by atoms with Gasteiger partial charge < -0.3 is 5.32 Å². The lowest BCUT2D eigenvalue weighted by Gasteiger charge is -2.05. The SMILES string of the molecule is O=C(CSc1ncnc2c1nnn2Cc1ccc(F)cc1)Nc1ccc(Cl)cc1. The third-order valence-electron chi connectivity index (χ3n) is 3.98. The first kappa shape index (κ1) is 19.3. The number of anilines is 1. The van der Waals surface area contributed by atoms with E-state index in [-0.39, 0.29) is 17.5 Å². The molecule has 0 fully saturated rings. The van der Waals surface area contributed by atoms with Crippen molar-refractivity contribution in [3.8, 4) is 0 Å². The number of rotatable bonds is 6. The highest BCUT2D eigenvalue weighted by molar-refractivity contribution is 8.00. The Morgan fingerprint density at radius 2 is 1.86 bits per heavy atom. The molecule has 1 N–H and O–H groups in total. The number of benzene rings is 2.